The van der Waals surface area contributed by atoms with E-state index < -0.39 is 15.9 Å². The lowest BCUT2D eigenvalue weighted by Crippen LogP contribution is -2.16. The Balaban J connectivity index is 1.85. The summed E-state index contributed by atoms with van der Waals surface area (Å²) in [6.45, 7) is 1.67. The van der Waals surface area contributed by atoms with E-state index in [1.807, 2.05) is 0 Å². The summed E-state index contributed by atoms with van der Waals surface area (Å²) in [5.41, 5.74) is 1.49. The number of amides is 1. The molecule has 0 aromatic heterocycles. The van der Waals surface area contributed by atoms with Crippen LogP contribution in [0.2, 0.25) is 10.0 Å². The summed E-state index contributed by atoms with van der Waals surface area (Å²) in [5, 5.41) is 3.31. The first-order valence-corrected chi connectivity index (χ1v) is 11.0. The Bertz CT molecular complexity index is 1180. The molecule has 0 atom stereocenters. The van der Waals surface area contributed by atoms with Gasteiger partial charge in [0.05, 0.1) is 12.0 Å². The topological polar surface area (TPSA) is 84.5 Å². The van der Waals surface area contributed by atoms with E-state index in [0.29, 0.717) is 32.7 Å². The Labute approximate surface area is 184 Å². The van der Waals surface area contributed by atoms with E-state index in [1.54, 1.807) is 43.3 Å². The molecule has 0 aliphatic rings. The van der Waals surface area contributed by atoms with Crippen molar-refractivity contribution in [2.45, 2.75) is 11.8 Å². The first-order chi connectivity index (χ1) is 14.2. The molecule has 0 radical (unpaired) electrons. The van der Waals surface area contributed by atoms with Crippen molar-refractivity contribution in [1.82, 2.24) is 0 Å². The summed E-state index contributed by atoms with van der Waals surface area (Å²) in [7, 11) is -2.36. The summed E-state index contributed by atoms with van der Waals surface area (Å²) >= 11 is 11.9. The van der Waals surface area contributed by atoms with Gasteiger partial charge < -0.3 is 10.1 Å². The maximum Gasteiger partial charge on any atom is 0.262 e. The number of carbonyl (C=O) groups excluding carboxylic acids is 1. The van der Waals surface area contributed by atoms with Crippen molar-refractivity contribution in [3.8, 4) is 5.75 Å². The highest BCUT2D eigenvalue weighted by Crippen LogP contribution is 2.25. The number of halogens is 2. The summed E-state index contributed by atoms with van der Waals surface area (Å²) in [6, 6.07) is 15.6. The molecule has 0 saturated heterocycles. The zero-order valence-electron chi connectivity index (χ0n) is 16.1. The van der Waals surface area contributed by atoms with Gasteiger partial charge in [-0.25, -0.2) is 8.42 Å². The van der Waals surface area contributed by atoms with E-state index in [1.165, 1.54) is 31.4 Å². The van der Waals surface area contributed by atoms with E-state index in [-0.39, 0.29) is 10.5 Å². The van der Waals surface area contributed by atoms with Crippen LogP contribution in [-0.2, 0) is 10.0 Å². The van der Waals surface area contributed by atoms with Crippen molar-refractivity contribution in [2.24, 2.45) is 0 Å². The van der Waals surface area contributed by atoms with Crippen LogP contribution in [-0.4, -0.2) is 21.4 Å². The number of methoxy groups -OCH3 is 1. The molecule has 1 amide bonds. The summed E-state index contributed by atoms with van der Waals surface area (Å²) in [6.07, 6.45) is 0. The minimum Gasteiger partial charge on any atom is -0.497 e. The third-order valence-corrected chi connectivity index (χ3v) is 6.16. The number of anilines is 2. The fourth-order valence-electron chi connectivity index (χ4n) is 2.72. The molecule has 0 unspecified atom stereocenters. The van der Waals surface area contributed by atoms with Crippen LogP contribution in [0.5, 0.6) is 5.75 Å². The van der Waals surface area contributed by atoms with Crippen molar-refractivity contribution < 1.29 is 17.9 Å². The molecule has 9 heteroatoms. The molecule has 0 heterocycles. The van der Waals surface area contributed by atoms with Crippen LogP contribution in [0.1, 0.15) is 15.9 Å². The number of hydrogen-bond acceptors (Lipinski definition) is 4. The van der Waals surface area contributed by atoms with Gasteiger partial charge in [0.15, 0.2) is 0 Å². The number of hydrogen-bond donors (Lipinski definition) is 2. The van der Waals surface area contributed by atoms with Crippen molar-refractivity contribution in [3.05, 3.63) is 81.8 Å². The van der Waals surface area contributed by atoms with Crippen LogP contribution in [0.4, 0.5) is 11.4 Å². The molecular formula is C21H18Cl2N2O4S. The number of aryl methyl sites for hydroxylation is 1. The summed E-state index contributed by atoms with van der Waals surface area (Å²) < 4.78 is 33.4. The van der Waals surface area contributed by atoms with Crippen LogP contribution in [0.25, 0.3) is 0 Å². The molecule has 3 aromatic rings. The highest BCUT2D eigenvalue weighted by atomic mass is 35.5. The first-order valence-electron chi connectivity index (χ1n) is 8.73. The number of nitrogens with one attached hydrogen (secondary N) is 2. The molecule has 30 heavy (non-hydrogen) atoms. The molecule has 0 fully saturated rings. The van der Waals surface area contributed by atoms with Gasteiger partial charge in [0, 0.05) is 27.0 Å². The van der Waals surface area contributed by atoms with E-state index in [2.05, 4.69) is 10.0 Å². The van der Waals surface area contributed by atoms with Gasteiger partial charge in [-0.05, 0) is 67.1 Å². The van der Waals surface area contributed by atoms with Gasteiger partial charge in [0.25, 0.3) is 15.9 Å². The molecule has 0 saturated carbocycles. The zero-order chi connectivity index (χ0) is 21.9. The van der Waals surface area contributed by atoms with Gasteiger partial charge in [-0.3, -0.25) is 9.52 Å². The highest BCUT2D eigenvalue weighted by molar-refractivity contribution is 7.92. The number of carbonyl (C=O) groups is 1. The number of ether oxygens (including phenoxy) is 1. The van der Waals surface area contributed by atoms with Crippen LogP contribution < -0.4 is 14.8 Å². The SMILES string of the molecule is COc1ccc(NS(=O)(=O)c2cc(NC(=O)c3cc(Cl)cc(Cl)c3)ccc2C)cc1. The smallest absolute Gasteiger partial charge is 0.262 e. The predicted molar refractivity (Wildman–Crippen MR) is 119 cm³/mol. The lowest BCUT2D eigenvalue weighted by molar-refractivity contribution is 0.102. The first kappa shape index (κ1) is 22.0. The van der Waals surface area contributed by atoms with Gasteiger partial charge >= 0.3 is 0 Å². The van der Waals surface area contributed by atoms with Crippen molar-refractivity contribution >= 4 is 50.5 Å². The predicted octanol–water partition coefficient (Wildman–Crippen LogP) is 5.36. The van der Waals surface area contributed by atoms with E-state index in [0.717, 1.165) is 0 Å². The molecule has 0 spiro atoms. The average Bonchev–Trinajstić information content (AvgIpc) is 2.69. The number of sulfonamides is 1. The van der Waals surface area contributed by atoms with Crippen LogP contribution in [0.3, 0.4) is 0 Å². The van der Waals surface area contributed by atoms with E-state index in [9.17, 15) is 13.2 Å². The largest absolute Gasteiger partial charge is 0.497 e. The summed E-state index contributed by atoms with van der Waals surface area (Å²) in [5.74, 6) is 0.148. The number of rotatable bonds is 6. The number of benzene rings is 3. The standard InChI is InChI=1S/C21H18Cl2N2O4S/c1-13-3-4-18(24-21(26)14-9-15(22)11-16(23)10-14)12-20(13)30(27,28)25-17-5-7-19(29-2)8-6-17/h3-12,25H,1-2H3,(H,24,26). The molecule has 3 rings (SSSR count). The Morgan fingerprint density at radius 2 is 1.50 bits per heavy atom. The Hall–Kier alpha value is -2.74. The minimum atomic E-state index is -3.88. The highest BCUT2D eigenvalue weighted by Gasteiger charge is 2.19. The second-order valence-electron chi connectivity index (χ2n) is 6.43. The average molecular weight is 465 g/mol. The maximum absolute atomic E-state index is 12.9. The Kier molecular flexibility index (Phi) is 6.55. The van der Waals surface area contributed by atoms with Crippen LogP contribution >= 0.6 is 23.2 Å². The fourth-order valence-corrected chi connectivity index (χ4v) is 4.58. The fraction of sp³-hybridized carbons (Fsp3) is 0.0952. The zero-order valence-corrected chi connectivity index (χ0v) is 18.4. The van der Waals surface area contributed by atoms with Crippen molar-refractivity contribution in [3.63, 3.8) is 0 Å². The monoisotopic (exact) mass is 464 g/mol. The maximum atomic E-state index is 12.9. The van der Waals surface area contributed by atoms with Crippen molar-refractivity contribution in [1.29, 1.82) is 0 Å². The third kappa shape index (κ3) is 5.24. The lowest BCUT2D eigenvalue weighted by atomic mass is 10.2. The van der Waals surface area contributed by atoms with Gasteiger partial charge in [-0.15, -0.1) is 0 Å². The molecule has 6 nitrogen and oxygen atoms in total. The van der Waals surface area contributed by atoms with Crippen LogP contribution in [0.15, 0.2) is 65.6 Å². The second-order valence-corrected chi connectivity index (χ2v) is 8.95. The molecule has 0 aliphatic carbocycles. The molecular weight excluding hydrogens is 447 g/mol. The van der Waals surface area contributed by atoms with Gasteiger partial charge in [-0.1, -0.05) is 29.3 Å². The van der Waals surface area contributed by atoms with E-state index >= 15 is 0 Å². The third-order valence-electron chi connectivity index (χ3n) is 4.20. The van der Waals surface area contributed by atoms with E-state index in [4.69, 9.17) is 27.9 Å². The lowest BCUT2D eigenvalue weighted by Gasteiger charge is -2.13. The quantitative estimate of drug-likeness (QED) is 0.513. The van der Waals surface area contributed by atoms with Gasteiger partial charge in [-0.2, -0.15) is 0 Å². The molecule has 156 valence electrons. The van der Waals surface area contributed by atoms with Crippen LogP contribution in [0, 0.1) is 6.92 Å². The normalized spacial score (nSPS) is 11.1. The van der Waals surface area contributed by atoms with Gasteiger partial charge in [0.1, 0.15) is 5.75 Å². The Morgan fingerprint density at radius 1 is 0.900 bits per heavy atom. The molecule has 2 N–H and O–H groups in total. The second kappa shape index (κ2) is 8.95. The Morgan fingerprint density at radius 3 is 2.10 bits per heavy atom. The molecule has 0 aliphatic heterocycles. The van der Waals surface area contributed by atoms with Gasteiger partial charge in [0.2, 0.25) is 0 Å². The van der Waals surface area contributed by atoms with Crippen molar-refractivity contribution in [2.75, 3.05) is 17.1 Å². The molecule has 0 bridgehead atoms. The summed E-state index contributed by atoms with van der Waals surface area (Å²) in [4.78, 5) is 12.6. The molecule has 3 aromatic carbocycles. The minimum absolute atomic E-state index is 0.0419.